The fraction of sp³-hybridized carbons (Fsp3) is 0.324. The van der Waals surface area contributed by atoms with Crippen molar-refractivity contribution in [2.45, 2.75) is 57.2 Å². The number of aromatic amines is 1. The van der Waals surface area contributed by atoms with Crippen LogP contribution in [0.5, 0.6) is 0 Å². The van der Waals surface area contributed by atoms with Crippen LogP contribution in [0.1, 0.15) is 71.4 Å². The third-order valence-electron chi connectivity index (χ3n) is 8.87. The first-order valence-corrected chi connectivity index (χ1v) is 14.8. The van der Waals surface area contributed by atoms with Gasteiger partial charge in [0, 0.05) is 36.2 Å². The number of benzene rings is 3. The molecule has 0 spiro atoms. The number of hydrogen-bond donors (Lipinski definition) is 2. The maximum Gasteiger partial charge on any atom is 0.332 e. The fourth-order valence-electron chi connectivity index (χ4n) is 6.67. The van der Waals surface area contributed by atoms with Crippen molar-refractivity contribution in [1.29, 1.82) is 0 Å². The van der Waals surface area contributed by atoms with Gasteiger partial charge in [0.2, 0.25) is 0 Å². The topological polar surface area (TPSA) is 94.7 Å². The molecule has 4 heterocycles. The molecule has 0 aliphatic carbocycles. The Balaban J connectivity index is 1.28. The molecule has 214 valence electrons. The largest absolute Gasteiger partial charge is 0.376 e. The third-order valence-corrected chi connectivity index (χ3v) is 8.87. The number of nitrogens with zero attached hydrogens (tertiary/aromatic N) is 2. The summed E-state index contributed by atoms with van der Waals surface area (Å²) >= 11 is 0. The maximum absolute atomic E-state index is 14.3. The van der Waals surface area contributed by atoms with Crippen molar-refractivity contribution in [3.8, 4) is 0 Å². The molecule has 0 unspecified atom stereocenters. The summed E-state index contributed by atoms with van der Waals surface area (Å²) in [5.41, 5.74) is 5.69. The summed E-state index contributed by atoms with van der Waals surface area (Å²) in [7, 11) is 0. The second-order valence-electron chi connectivity index (χ2n) is 11.7. The number of carbonyl (C=O) groups is 3. The number of urea groups is 1. The van der Waals surface area contributed by atoms with Gasteiger partial charge >= 0.3 is 6.03 Å². The highest BCUT2D eigenvalue weighted by molar-refractivity contribution is 6.24. The maximum atomic E-state index is 14.3. The minimum atomic E-state index is -0.693. The lowest BCUT2D eigenvalue weighted by Gasteiger charge is -2.36. The highest BCUT2D eigenvalue weighted by Gasteiger charge is 2.53. The van der Waals surface area contributed by atoms with Crippen LogP contribution in [0.4, 0.5) is 10.5 Å². The predicted molar refractivity (Wildman–Crippen MR) is 161 cm³/mol. The van der Waals surface area contributed by atoms with E-state index in [1.807, 2.05) is 18.2 Å². The highest BCUT2D eigenvalue weighted by atomic mass is 16.5. The van der Waals surface area contributed by atoms with E-state index in [9.17, 15) is 14.4 Å². The molecule has 0 bridgehead atoms. The molecule has 1 aromatic heterocycles. The summed E-state index contributed by atoms with van der Waals surface area (Å²) in [4.78, 5) is 48.3. The Morgan fingerprint density at radius 3 is 2.55 bits per heavy atom. The van der Waals surface area contributed by atoms with Gasteiger partial charge in [0.05, 0.1) is 17.4 Å². The molecule has 7 rings (SSSR count). The average molecular weight is 563 g/mol. The molecule has 0 saturated carbocycles. The molecular formula is C34H34N4O4. The van der Waals surface area contributed by atoms with Gasteiger partial charge in [-0.3, -0.25) is 14.5 Å². The zero-order valence-corrected chi connectivity index (χ0v) is 23.8. The van der Waals surface area contributed by atoms with Gasteiger partial charge in [-0.2, -0.15) is 0 Å². The van der Waals surface area contributed by atoms with Crippen LogP contribution in [-0.4, -0.2) is 53.0 Å². The zero-order valence-electron chi connectivity index (χ0n) is 23.8. The minimum Gasteiger partial charge on any atom is -0.376 e. The molecule has 8 nitrogen and oxygen atoms in total. The molecule has 3 atom stereocenters. The smallest absolute Gasteiger partial charge is 0.332 e. The molecule has 4 aromatic rings. The molecule has 8 heteroatoms. The first-order valence-electron chi connectivity index (χ1n) is 14.8. The van der Waals surface area contributed by atoms with Gasteiger partial charge in [0.15, 0.2) is 0 Å². The van der Waals surface area contributed by atoms with Crippen LogP contribution in [0, 0.1) is 0 Å². The van der Waals surface area contributed by atoms with Gasteiger partial charge in [-0.25, -0.2) is 9.69 Å². The van der Waals surface area contributed by atoms with Crippen molar-refractivity contribution in [1.82, 2.24) is 15.2 Å². The Morgan fingerprint density at radius 1 is 1.02 bits per heavy atom. The van der Waals surface area contributed by atoms with E-state index < -0.39 is 18.1 Å². The van der Waals surface area contributed by atoms with Crippen molar-refractivity contribution in [2.75, 3.05) is 18.1 Å². The number of fused-ring (bicyclic) bond motifs is 4. The third kappa shape index (κ3) is 4.29. The standard InChI is InChI=1S/C34H34N4O4/c1-20(2)21-13-15-22(16-14-21)31-30-26(24-9-3-5-11-27(24)36-30)18-29-33(40)38(34(41)37(29)31)28-12-6-4-10-25(28)32(39)35-19-23-8-7-17-42-23/h3-6,9-16,20,23,29,31,36H,7-8,17-19H2,1-2H3,(H,35,39)/t23-,29-,31+/m0/s1. The lowest BCUT2D eigenvalue weighted by molar-refractivity contribution is -0.120. The summed E-state index contributed by atoms with van der Waals surface area (Å²) < 4.78 is 5.65. The van der Waals surface area contributed by atoms with E-state index in [-0.39, 0.29) is 17.9 Å². The summed E-state index contributed by atoms with van der Waals surface area (Å²) in [6.45, 7) is 5.39. The number of anilines is 1. The van der Waals surface area contributed by atoms with Crippen LogP contribution in [0.3, 0.4) is 0 Å². The normalized spacial score (nSPS) is 21.7. The van der Waals surface area contributed by atoms with Crippen molar-refractivity contribution in [2.24, 2.45) is 0 Å². The van der Waals surface area contributed by atoms with Gasteiger partial charge in [-0.05, 0) is 53.6 Å². The summed E-state index contributed by atoms with van der Waals surface area (Å²) in [6.07, 6.45) is 2.26. The average Bonchev–Trinajstić information content (AvgIpc) is 3.72. The Bertz CT molecular complexity index is 1690. The first kappa shape index (κ1) is 26.5. The summed E-state index contributed by atoms with van der Waals surface area (Å²) in [5.74, 6) is -0.280. The molecule has 42 heavy (non-hydrogen) atoms. The van der Waals surface area contributed by atoms with Crippen LogP contribution in [-0.2, 0) is 16.0 Å². The second-order valence-corrected chi connectivity index (χ2v) is 11.7. The van der Waals surface area contributed by atoms with Crippen LogP contribution < -0.4 is 10.2 Å². The van der Waals surface area contributed by atoms with Crippen LogP contribution in [0.25, 0.3) is 10.9 Å². The number of aromatic nitrogens is 1. The Morgan fingerprint density at radius 2 is 1.79 bits per heavy atom. The van der Waals surface area contributed by atoms with Gasteiger partial charge in [0.25, 0.3) is 11.8 Å². The van der Waals surface area contributed by atoms with Crippen molar-refractivity contribution >= 4 is 34.4 Å². The molecular weight excluding hydrogens is 528 g/mol. The van der Waals surface area contributed by atoms with Crippen LogP contribution >= 0.6 is 0 Å². The van der Waals surface area contributed by atoms with Crippen molar-refractivity contribution in [3.05, 3.63) is 101 Å². The number of imide groups is 1. The molecule has 2 fully saturated rings. The van der Waals surface area contributed by atoms with Crippen molar-refractivity contribution in [3.63, 3.8) is 0 Å². The SMILES string of the molecule is CC(C)c1ccc([C@@H]2c3[nH]c4ccccc4c3C[C@H]3C(=O)N(c4ccccc4C(=O)NC[C@@H]4CCCO4)C(=O)N23)cc1. The predicted octanol–water partition coefficient (Wildman–Crippen LogP) is 5.68. The van der Waals surface area contributed by atoms with Gasteiger partial charge in [-0.1, -0.05) is 68.4 Å². The van der Waals surface area contributed by atoms with E-state index >= 15 is 0 Å². The molecule has 3 aliphatic heterocycles. The fourth-order valence-corrected chi connectivity index (χ4v) is 6.67. The molecule has 2 saturated heterocycles. The highest BCUT2D eigenvalue weighted by Crippen LogP contribution is 2.45. The van der Waals surface area contributed by atoms with E-state index in [0.29, 0.717) is 36.7 Å². The van der Waals surface area contributed by atoms with E-state index in [1.165, 1.54) is 10.5 Å². The molecule has 4 amide bonds. The van der Waals surface area contributed by atoms with Gasteiger partial charge in [-0.15, -0.1) is 0 Å². The molecule has 0 radical (unpaired) electrons. The van der Waals surface area contributed by atoms with Gasteiger partial charge < -0.3 is 15.0 Å². The van der Waals surface area contributed by atoms with E-state index in [4.69, 9.17) is 4.74 Å². The number of amides is 4. The van der Waals surface area contributed by atoms with E-state index in [2.05, 4.69) is 54.5 Å². The lowest BCUT2D eigenvalue weighted by atomic mass is 9.88. The van der Waals surface area contributed by atoms with Crippen LogP contribution in [0.15, 0.2) is 72.8 Å². The number of para-hydroxylation sites is 2. The number of rotatable bonds is 6. The number of ether oxygens (including phenoxy) is 1. The summed E-state index contributed by atoms with van der Waals surface area (Å²) in [6, 6.07) is 21.6. The van der Waals surface area contributed by atoms with Crippen LogP contribution in [0.2, 0.25) is 0 Å². The number of H-pyrrole nitrogens is 1. The second kappa shape index (κ2) is 10.4. The van der Waals surface area contributed by atoms with E-state index in [0.717, 1.165) is 40.6 Å². The lowest BCUT2D eigenvalue weighted by Crippen LogP contribution is -2.44. The van der Waals surface area contributed by atoms with Crippen molar-refractivity contribution < 1.29 is 19.1 Å². The minimum absolute atomic E-state index is 0.0168. The quantitative estimate of drug-likeness (QED) is 0.296. The summed E-state index contributed by atoms with van der Waals surface area (Å²) in [5, 5.41) is 4.00. The monoisotopic (exact) mass is 562 g/mol. The zero-order chi connectivity index (χ0) is 29.0. The molecule has 2 N–H and O–H groups in total. The molecule has 3 aliphatic rings. The number of carbonyl (C=O) groups excluding carboxylic acids is 3. The number of nitrogens with one attached hydrogen (secondary N) is 2. The first-order chi connectivity index (χ1) is 20.4. The Hall–Kier alpha value is -4.43. The Kier molecular flexibility index (Phi) is 6.58. The van der Waals surface area contributed by atoms with E-state index in [1.54, 1.807) is 29.2 Å². The molecule has 3 aromatic carbocycles. The Labute approximate surface area is 244 Å². The van der Waals surface area contributed by atoms with Gasteiger partial charge in [0.1, 0.15) is 12.1 Å². The number of hydrogen-bond acceptors (Lipinski definition) is 4.